The Morgan fingerprint density at radius 3 is 2.60 bits per heavy atom. The lowest BCUT2D eigenvalue weighted by Gasteiger charge is -2.19. The van der Waals surface area contributed by atoms with Gasteiger partial charge in [-0.15, -0.1) is 0 Å². The number of carbonyl (C=O) groups is 1. The maximum Gasteiger partial charge on any atom is 0.336 e. The molecule has 0 atom stereocenters. The fraction of sp³-hybridized carbons (Fsp3) is 0.364. The summed E-state index contributed by atoms with van der Waals surface area (Å²) in [6, 6.07) is 3.73. The van der Waals surface area contributed by atoms with Crippen LogP contribution in [-0.4, -0.2) is 16.6 Å². The third kappa shape index (κ3) is 3.32. The van der Waals surface area contributed by atoms with Crippen molar-refractivity contribution in [3.63, 3.8) is 0 Å². The van der Waals surface area contributed by atoms with E-state index in [-0.39, 0.29) is 5.56 Å². The van der Waals surface area contributed by atoms with Gasteiger partial charge in [0, 0.05) is 5.54 Å². The maximum atomic E-state index is 12.8. The smallest absolute Gasteiger partial charge is 0.336 e. The molecular weight excluding hydrogens is 197 g/mol. The number of nitrogens with two attached hydrogens (primary N) is 1. The van der Waals surface area contributed by atoms with E-state index in [1.807, 2.05) is 0 Å². The van der Waals surface area contributed by atoms with E-state index >= 15 is 0 Å². The van der Waals surface area contributed by atoms with Crippen LogP contribution in [0.15, 0.2) is 18.2 Å². The number of rotatable bonds is 3. The van der Waals surface area contributed by atoms with Crippen LogP contribution in [0.4, 0.5) is 4.39 Å². The Hall–Kier alpha value is -1.42. The molecule has 3 nitrogen and oxygen atoms in total. The predicted molar refractivity (Wildman–Crippen MR) is 55.3 cm³/mol. The molecule has 0 aliphatic rings. The Morgan fingerprint density at radius 2 is 2.13 bits per heavy atom. The van der Waals surface area contributed by atoms with E-state index in [1.165, 1.54) is 12.1 Å². The van der Waals surface area contributed by atoms with E-state index in [4.69, 9.17) is 10.8 Å². The zero-order valence-corrected chi connectivity index (χ0v) is 8.75. The molecule has 0 aromatic heterocycles. The zero-order valence-electron chi connectivity index (χ0n) is 8.75. The number of benzene rings is 1. The Bertz CT molecular complexity index is 383. The fourth-order valence-corrected chi connectivity index (χ4v) is 1.39. The SMILES string of the molecule is CC(C)(N)Cc1ccc(F)cc1C(=O)O. The Kier molecular flexibility index (Phi) is 3.09. The first-order valence-corrected chi connectivity index (χ1v) is 4.60. The molecule has 0 unspecified atom stereocenters. The Morgan fingerprint density at radius 1 is 1.53 bits per heavy atom. The minimum Gasteiger partial charge on any atom is -0.478 e. The monoisotopic (exact) mass is 211 g/mol. The molecule has 0 radical (unpaired) electrons. The van der Waals surface area contributed by atoms with Gasteiger partial charge >= 0.3 is 5.97 Å². The molecule has 1 aromatic rings. The predicted octanol–water partition coefficient (Wildman–Crippen LogP) is 1.80. The summed E-state index contributed by atoms with van der Waals surface area (Å²) in [4.78, 5) is 10.9. The van der Waals surface area contributed by atoms with Gasteiger partial charge in [-0.05, 0) is 38.0 Å². The normalized spacial score (nSPS) is 11.5. The van der Waals surface area contributed by atoms with Crippen LogP contribution in [0.25, 0.3) is 0 Å². The van der Waals surface area contributed by atoms with Crippen molar-refractivity contribution in [2.45, 2.75) is 25.8 Å². The number of aromatic carboxylic acids is 1. The van der Waals surface area contributed by atoms with Gasteiger partial charge in [0.2, 0.25) is 0 Å². The van der Waals surface area contributed by atoms with E-state index in [0.717, 1.165) is 6.07 Å². The van der Waals surface area contributed by atoms with Gasteiger partial charge in [0.15, 0.2) is 0 Å². The lowest BCUT2D eigenvalue weighted by molar-refractivity contribution is 0.0695. The Labute approximate surface area is 87.7 Å². The largest absolute Gasteiger partial charge is 0.478 e. The van der Waals surface area contributed by atoms with Gasteiger partial charge in [-0.25, -0.2) is 9.18 Å². The summed E-state index contributed by atoms with van der Waals surface area (Å²) in [5.41, 5.74) is 5.81. The van der Waals surface area contributed by atoms with Gasteiger partial charge in [-0.1, -0.05) is 6.07 Å². The lowest BCUT2D eigenvalue weighted by atomic mass is 9.93. The number of hydrogen-bond acceptors (Lipinski definition) is 2. The van der Waals surface area contributed by atoms with Crippen molar-refractivity contribution >= 4 is 5.97 Å². The second kappa shape index (κ2) is 3.98. The second-order valence-electron chi connectivity index (χ2n) is 4.27. The molecule has 0 aliphatic carbocycles. The van der Waals surface area contributed by atoms with E-state index in [1.54, 1.807) is 13.8 Å². The summed E-state index contributed by atoms with van der Waals surface area (Å²) in [6.45, 7) is 3.59. The average molecular weight is 211 g/mol. The van der Waals surface area contributed by atoms with Crippen LogP contribution in [0.1, 0.15) is 29.8 Å². The topological polar surface area (TPSA) is 63.3 Å². The highest BCUT2D eigenvalue weighted by atomic mass is 19.1. The highest BCUT2D eigenvalue weighted by Crippen LogP contribution is 2.16. The fourth-order valence-electron chi connectivity index (χ4n) is 1.39. The molecule has 0 saturated carbocycles. The van der Waals surface area contributed by atoms with Crippen LogP contribution in [-0.2, 0) is 6.42 Å². The third-order valence-electron chi connectivity index (χ3n) is 1.95. The number of halogens is 1. The van der Waals surface area contributed by atoms with Crippen LogP contribution in [0.5, 0.6) is 0 Å². The first kappa shape index (κ1) is 11.7. The minimum absolute atomic E-state index is 0.0199. The van der Waals surface area contributed by atoms with Crippen molar-refractivity contribution in [1.82, 2.24) is 0 Å². The molecule has 0 aliphatic heterocycles. The molecule has 4 heteroatoms. The van der Waals surface area contributed by atoms with Gasteiger partial charge in [-0.3, -0.25) is 0 Å². The summed E-state index contributed by atoms with van der Waals surface area (Å²) in [6.07, 6.45) is 0.398. The van der Waals surface area contributed by atoms with E-state index in [2.05, 4.69) is 0 Å². The number of carboxylic acid groups (broad SMARTS) is 1. The molecule has 1 rings (SSSR count). The standard InChI is InChI=1S/C11H14FNO2/c1-11(2,13)6-7-3-4-8(12)5-9(7)10(14)15/h3-5H,6,13H2,1-2H3,(H,14,15). The summed E-state index contributed by atoms with van der Waals surface area (Å²) in [5.74, 6) is -1.68. The first-order chi connectivity index (χ1) is 6.79. The van der Waals surface area contributed by atoms with Gasteiger partial charge in [-0.2, -0.15) is 0 Å². The van der Waals surface area contributed by atoms with Crippen molar-refractivity contribution in [1.29, 1.82) is 0 Å². The van der Waals surface area contributed by atoms with Crippen molar-refractivity contribution in [3.8, 4) is 0 Å². The van der Waals surface area contributed by atoms with Crippen molar-refractivity contribution in [2.75, 3.05) is 0 Å². The van der Waals surface area contributed by atoms with E-state index in [9.17, 15) is 9.18 Å². The van der Waals surface area contributed by atoms with Crippen LogP contribution < -0.4 is 5.73 Å². The number of carboxylic acids is 1. The maximum absolute atomic E-state index is 12.8. The quantitative estimate of drug-likeness (QED) is 0.801. The molecule has 15 heavy (non-hydrogen) atoms. The van der Waals surface area contributed by atoms with Gasteiger partial charge in [0.25, 0.3) is 0 Å². The molecule has 0 fully saturated rings. The van der Waals surface area contributed by atoms with Crippen LogP contribution in [0.3, 0.4) is 0 Å². The highest BCUT2D eigenvalue weighted by Gasteiger charge is 2.17. The lowest BCUT2D eigenvalue weighted by Crippen LogP contribution is -2.35. The molecule has 0 heterocycles. The van der Waals surface area contributed by atoms with Crippen molar-refractivity contribution in [2.24, 2.45) is 5.73 Å². The molecule has 0 amide bonds. The Balaban J connectivity index is 3.12. The summed E-state index contributed by atoms with van der Waals surface area (Å²) in [5, 5.41) is 8.88. The van der Waals surface area contributed by atoms with Gasteiger partial charge in [0.05, 0.1) is 5.56 Å². The molecule has 1 aromatic carbocycles. The molecular formula is C11H14FNO2. The van der Waals surface area contributed by atoms with Crippen LogP contribution in [0.2, 0.25) is 0 Å². The van der Waals surface area contributed by atoms with Gasteiger partial charge < -0.3 is 10.8 Å². The first-order valence-electron chi connectivity index (χ1n) is 4.60. The number of hydrogen-bond donors (Lipinski definition) is 2. The molecule has 82 valence electrons. The van der Waals surface area contributed by atoms with Crippen molar-refractivity contribution in [3.05, 3.63) is 35.1 Å². The van der Waals surface area contributed by atoms with E-state index < -0.39 is 17.3 Å². The van der Waals surface area contributed by atoms with E-state index in [0.29, 0.717) is 12.0 Å². The van der Waals surface area contributed by atoms with Gasteiger partial charge in [0.1, 0.15) is 5.82 Å². The van der Waals surface area contributed by atoms with Crippen molar-refractivity contribution < 1.29 is 14.3 Å². The molecule has 0 bridgehead atoms. The second-order valence-corrected chi connectivity index (χ2v) is 4.27. The van der Waals surface area contributed by atoms with Crippen LogP contribution in [0, 0.1) is 5.82 Å². The molecule has 0 saturated heterocycles. The highest BCUT2D eigenvalue weighted by molar-refractivity contribution is 5.89. The summed E-state index contributed by atoms with van der Waals surface area (Å²) in [7, 11) is 0. The minimum atomic E-state index is -1.13. The zero-order chi connectivity index (χ0) is 11.6. The summed E-state index contributed by atoms with van der Waals surface area (Å²) < 4.78 is 12.8. The molecule has 3 N–H and O–H groups in total. The third-order valence-corrected chi connectivity index (χ3v) is 1.95. The molecule has 0 spiro atoms. The van der Waals surface area contributed by atoms with Crippen LogP contribution >= 0.6 is 0 Å². The average Bonchev–Trinajstić information content (AvgIpc) is 2.05. The summed E-state index contributed by atoms with van der Waals surface area (Å²) >= 11 is 0.